The molecular formula is C8H9N3. The van der Waals surface area contributed by atoms with Crippen molar-refractivity contribution in [1.29, 1.82) is 0 Å². The van der Waals surface area contributed by atoms with E-state index in [1.54, 1.807) is 0 Å². The van der Waals surface area contributed by atoms with Crippen molar-refractivity contribution in [3.8, 4) is 0 Å². The van der Waals surface area contributed by atoms with Crippen LogP contribution in [0.15, 0.2) is 23.3 Å². The fraction of sp³-hybridized carbons (Fsp3) is 0.250. The topological polar surface area (TPSA) is 48.8 Å². The van der Waals surface area contributed by atoms with Crippen molar-refractivity contribution >= 4 is 5.69 Å². The first-order valence-corrected chi connectivity index (χ1v) is 3.37. The first-order chi connectivity index (χ1) is 5.25. The second-order valence-electron chi connectivity index (χ2n) is 2.41. The van der Waals surface area contributed by atoms with E-state index >= 15 is 0 Å². The lowest BCUT2D eigenvalue weighted by molar-refractivity contribution is 1.30. The second-order valence-corrected chi connectivity index (χ2v) is 2.41. The Morgan fingerprint density at radius 1 is 1.36 bits per heavy atom. The zero-order valence-corrected chi connectivity index (χ0v) is 6.57. The predicted octanol–water partition coefficient (Wildman–Crippen LogP) is 3.25. The first kappa shape index (κ1) is 7.63. The number of azide groups is 1. The van der Waals surface area contributed by atoms with Gasteiger partial charge >= 0.3 is 0 Å². The number of nitrogens with zero attached hydrogens (tertiary/aromatic N) is 3. The normalized spacial score (nSPS) is 8.91. The van der Waals surface area contributed by atoms with Gasteiger partial charge in [0.05, 0.1) is 0 Å². The highest BCUT2D eigenvalue weighted by Gasteiger charge is 1.95. The molecule has 0 aliphatic rings. The van der Waals surface area contributed by atoms with Gasteiger partial charge in [-0.2, -0.15) is 0 Å². The van der Waals surface area contributed by atoms with Crippen molar-refractivity contribution in [1.82, 2.24) is 0 Å². The third-order valence-corrected chi connectivity index (χ3v) is 1.73. The Morgan fingerprint density at radius 3 is 2.73 bits per heavy atom. The molecule has 1 aromatic carbocycles. The lowest BCUT2D eigenvalue weighted by Crippen LogP contribution is -1.78. The van der Waals surface area contributed by atoms with Gasteiger partial charge in [-0.15, -0.1) is 0 Å². The summed E-state index contributed by atoms with van der Waals surface area (Å²) in [7, 11) is 0. The van der Waals surface area contributed by atoms with E-state index in [4.69, 9.17) is 5.53 Å². The summed E-state index contributed by atoms with van der Waals surface area (Å²) >= 11 is 0. The Hall–Kier alpha value is -1.47. The van der Waals surface area contributed by atoms with E-state index in [0.29, 0.717) is 5.69 Å². The lowest BCUT2D eigenvalue weighted by Gasteiger charge is -2.00. The Kier molecular flexibility index (Phi) is 2.14. The number of hydrogen-bond donors (Lipinski definition) is 0. The van der Waals surface area contributed by atoms with E-state index in [0.717, 1.165) is 11.1 Å². The quantitative estimate of drug-likeness (QED) is 0.332. The number of benzene rings is 1. The highest BCUT2D eigenvalue weighted by Crippen LogP contribution is 2.20. The maximum atomic E-state index is 8.19. The molecule has 0 radical (unpaired) electrons. The second kappa shape index (κ2) is 3.08. The number of rotatable bonds is 1. The van der Waals surface area contributed by atoms with Crippen LogP contribution >= 0.6 is 0 Å². The fourth-order valence-electron chi connectivity index (χ4n) is 0.892. The van der Waals surface area contributed by atoms with Crippen LogP contribution in [-0.2, 0) is 0 Å². The Balaban J connectivity index is 3.26. The molecule has 0 saturated carbocycles. The van der Waals surface area contributed by atoms with Crippen LogP contribution in [0.25, 0.3) is 10.4 Å². The van der Waals surface area contributed by atoms with Crippen LogP contribution < -0.4 is 0 Å². The molecule has 0 heterocycles. The highest BCUT2D eigenvalue weighted by molar-refractivity contribution is 5.48. The van der Waals surface area contributed by atoms with Crippen molar-refractivity contribution in [2.45, 2.75) is 13.8 Å². The minimum Gasteiger partial charge on any atom is -0.0615 e. The number of hydrogen-bond acceptors (Lipinski definition) is 1. The van der Waals surface area contributed by atoms with E-state index in [9.17, 15) is 0 Å². The number of aryl methyl sites for hydroxylation is 1. The Bertz CT molecular complexity index is 311. The summed E-state index contributed by atoms with van der Waals surface area (Å²) in [5.41, 5.74) is 11.1. The summed E-state index contributed by atoms with van der Waals surface area (Å²) in [6.07, 6.45) is 0. The van der Waals surface area contributed by atoms with Gasteiger partial charge in [0.2, 0.25) is 0 Å². The van der Waals surface area contributed by atoms with Crippen molar-refractivity contribution in [3.05, 3.63) is 39.8 Å². The fourth-order valence-corrected chi connectivity index (χ4v) is 0.892. The summed E-state index contributed by atoms with van der Waals surface area (Å²) in [5.74, 6) is 0. The summed E-state index contributed by atoms with van der Waals surface area (Å²) in [4.78, 5) is 2.73. The molecule has 0 spiro atoms. The SMILES string of the molecule is Cc1cccc(N=[N+]=[N-])c1C. The molecule has 1 rings (SSSR count). The average Bonchev–Trinajstić information content (AvgIpc) is 1.99. The molecule has 0 aliphatic heterocycles. The minimum absolute atomic E-state index is 0.715. The Morgan fingerprint density at radius 2 is 2.09 bits per heavy atom. The van der Waals surface area contributed by atoms with Crippen LogP contribution in [0, 0.1) is 13.8 Å². The maximum absolute atomic E-state index is 8.19. The van der Waals surface area contributed by atoms with E-state index in [1.165, 1.54) is 0 Å². The predicted molar refractivity (Wildman–Crippen MR) is 44.7 cm³/mol. The van der Waals surface area contributed by atoms with Gasteiger partial charge in [0.1, 0.15) is 0 Å². The molecule has 0 amide bonds. The summed E-state index contributed by atoms with van der Waals surface area (Å²) in [5, 5.41) is 3.55. The van der Waals surface area contributed by atoms with Crippen LogP contribution in [0.3, 0.4) is 0 Å². The molecule has 0 bridgehead atoms. The standard InChI is InChI=1S/C8H9N3/c1-6-4-3-5-8(7(6)2)10-11-9/h3-5H,1-2H3. The monoisotopic (exact) mass is 147 g/mol. The third kappa shape index (κ3) is 1.51. The zero-order valence-electron chi connectivity index (χ0n) is 6.57. The Labute approximate surface area is 65.3 Å². The van der Waals surface area contributed by atoms with Crippen LogP contribution in [0.2, 0.25) is 0 Å². The van der Waals surface area contributed by atoms with Gasteiger partial charge in [-0.25, -0.2) is 0 Å². The van der Waals surface area contributed by atoms with E-state index in [1.807, 2.05) is 32.0 Å². The molecule has 0 saturated heterocycles. The molecule has 3 nitrogen and oxygen atoms in total. The van der Waals surface area contributed by atoms with Gasteiger partial charge in [0.25, 0.3) is 0 Å². The average molecular weight is 147 g/mol. The smallest absolute Gasteiger partial charge is 0.0407 e. The maximum Gasteiger partial charge on any atom is 0.0407 e. The first-order valence-electron chi connectivity index (χ1n) is 3.37. The summed E-state index contributed by atoms with van der Waals surface area (Å²) in [6.45, 7) is 3.94. The molecule has 0 atom stereocenters. The molecular weight excluding hydrogens is 138 g/mol. The largest absolute Gasteiger partial charge is 0.0615 e. The van der Waals surface area contributed by atoms with Crippen LogP contribution in [0.5, 0.6) is 0 Å². The van der Waals surface area contributed by atoms with Crippen LogP contribution in [-0.4, -0.2) is 0 Å². The summed E-state index contributed by atoms with van der Waals surface area (Å²) in [6, 6.07) is 5.68. The molecule has 0 unspecified atom stereocenters. The molecule has 0 aliphatic carbocycles. The molecule has 0 fully saturated rings. The van der Waals surface area contributed by atoms with E-state index in [2.05, 4.69) is 10.0 Å². The minimum atomic E-state index is 0.715. The van der Waals surface area contributed by atoms with E-state index < -0.39 is 0 Å². The van der Waals surface area contributed by atoms with Crippen LogP contribution in [0.4, 0.5) is 5.69 Å². The van der Waals surface area contributed by atoms with Crippen molar-refractivity contribution in [2.24, 2.45) is 5.11 Å². The molecule has 1 aromatic rings. The van der Waals surface area contributed by atoms with Gasteiger partial charge < -0.3 is 0 Å². The van der Waals surface area contributed by atoms with Crippen molar-refractivity contribution < 1.29 is 0 Å². The van der Waals surface area contributed by atoms with Gasteiger partial charge in [-0.3, -0.25) is 0 Å². The molecule has 0 aromatic heterocycles. The van der Waals surface area contributed by atoms with Crippen molar-refractivity contribution in [2.75, 3.05) is 0 Å². The molecule has 3 heteroatoms. The van der Waals surface area contributed by atoms with E-state index in [-0.39, 0.29) is 0 Å². The van der Waals surface area contributed by atoms with Gasteiger partial charge in [0, 0.05) is 10.6 Å². The highest BCUT2D eigenvalue weighted by atomic mass is 15.1. The third-order valence-electron chi connectivity index (χ3n) is 1.73. The molecule has 11 heavy (non-hydrogen) atoms. The van der Waals surface area contributed by atoms with Gasteiger partial charge in [-0.05, 0) is 30.5 Å². The van der Waals surface area contributed by atoms with Crippen LogP contribution in [0.1, 0.15) is 11.1 Å². The molecule has 0 N–H and O–H groups in total. The lowest BCUT2D eigenvalue weighted by atomic mass is 10.1. The van der Waals surface area contributed by atoms with Gasteiger partial charge in [0.15, 0.2) is 0 Å². The zero-order chi connectivity index (χ0) is 8.27. The molecule has 56 valence electrons. The van der Waals surface area contributed by atoms with Gasteiger partial charge in [-0.1, -0.05) is 23.3 Å². The van der Waals surface area contributed by atoms with Crippen molar-refractivity contribution in [3.63, 3.8) is 0 Å². The summed E-state index contributed by atoms with van der Waals surface area (Å²) < 4.78 is 0.